The smallest absolute Gasteiger partial charge is 0.176 e. The van der Waals surface area contributed by atoms with Gasteiger partial charge >= 0.3 is 0 Å². The summed E-state index contributed by atoms with van der Waals surface area (Å²) in [6.45, 7) is 4.70. The van der Waals surface area contributed by atoms with Crippen LogP contribution in [0.5, 0.6) is 0 Å². The highest BCUT2D eigenvalue weighted by Crippen LogP contribution is 2.27. The van der Waals surface area contributed by atoms with Crippen LogP contribution in [0.1, 0.15) is 13.3 Å². The zero-order chi connectivity index (χ0) is 13.1. The molecule has 17 heavy (non-hydrogen) atoms. The molecule has 0 radical (unpaired) electrons. The Morgan fingerprint density at radius 1 is 1.41 bits per heavy atom. The zero-order valence-electron chi connectivity index (χ0n) is 11.8. The third kappa shape index (κ3) is 2.98. The Morgan fingerprint density at radius 2 is 2.00 bits per heavy atom. The fraction of sp³-hybridized carbons (Fsp3) is 1.00. The molecule has 2 unspecified atom stereocenters. The molecule has 5 heteroatoms. The molecule has 0 aromatic carbocycles. The molecule has 0 spiro atoms. The van der Waals surface area contributed by atoms with Gasteiger partial charge in [-0.15, -0.1) is 0 Å². The first-order valence-corrected chi connectivity index (χ1v) is 6.16. The van der Waals surface area contributed by atoms with Gasteiger partial charge < -0.3 is 20.1 Å². The molecule has 1 saturated heterocycles. The maximum atomic E-state index is 5.95. The average molecular weight is 245 g/mol. The normalized spacial score (nSPS) is 25.8. The molecule has 1 rings (SSSR count). The summed E-state index contributed by atoms with van der Waals surface area (Å²) in [7, 11) is 7.58. The number of rotatable bonds is 6. The lowest BCUT2D eigenvalue weighted by Gasteiger charge is -2.42. The van der Waals surface area contributed by atoms with Crippen LogP contribution in [0.3, 0.4) is 0 Å². The van der Waals surface area contributed by atoms with Crippen molar-refractivity contribution in [3.05, 3.63) is 0 Å². The summed E-state index contributed by atoms with van der Waals surface area (Å²) in [5.41, 5.74) is 5.69. The van der Waals surface area contributed by atoms with Crippen molar-refractivity contribution in [3.8, 4) is 0 Å². The monoisotopic (exact) mass is 245 g/mol. The number of ether oxygens (including phenoxy) is 2. The fourth-order valence-corrected chi connectivity index (χ4v) is 2.61. The largest absolute Gasteiger partial charge is 0.354 e. The second-order valence-electron chi connectivity index (χ2n) is 5.22. The standard InChI is InChI=1S/C12H27N3O2/c1-12(9-13,11(16-4)17-5)15-7-6-10(8-15)14(2)3/h10-11H,6-9,13H2,1-5H3. The average Bonchev–Trinajstić information content (AvgIpc) is 2.80. The van der Waals surface area contributed by atoms with E-state index < -0.39 is 0 Å². The lowest BCUT2D eigenvalue weighted by atomic mass is 9.99. The minimum atomic E-state index is -0.284. The van der Waals surface area contributed by atoms with E-state index in [1.54, 1.807) is 14.2 Å². The van der Waals surface area contributed by atoms with Crippen molar-refractivity contribution in [2.45, 2.75) is 31.2 Å². The maximum absolute atomic E-state index is 5.95. The minimum absolute atomic E-state index is 0.256. The van der Waals surface area contributed by atoms with Gasteiger partial charge in [0.1, 0.15) is 0 Å². The van der Waals surface area contributed by atoms with Crippen LogP contribution in [0, 0.1) is 0 Å². The van der Waals surface area contributed by atoms with Gasteiger partial charge in [0.25, 0.3) is 0 Å². The van der Waals surface area contributed by atoms with Crippen LogP contribution in [0.25, 0.3) is 0 Å². The Bertz CT molecular complexity index is 234. The third-order valence-electron chi connectivity index (χ3n) is 3.97. The molecular weight excluding hydrogens is 218 g/mol. The van der Waals surface area contributed by atoms with Crippen molar-refractivity contribution in [1.82, 2.24) is 9.80 Å². The highest BCUT2D eigenvalue weighted by atomic mass is 16.7. The summed E-state index contributed by atoms with van der Waals surface area (Å²) >= 11 is 0. The van der Waals surface area contributed by atoms with Crippen LogP contribution < -0.4 is 5.73 Å². The number of methoxy groups -OCH3 is 2. The van der Waals surface area contributed by atoms with Crippen LogP contribution >= 0.6 is 0 Å². The highest BCUT2D eigenvalue weighted by molar-refractivity contribution is 4.96. The van der Waals surface area contributed by atoms with E-state index in [1.165, 1.54) is 6.42 Å². The second kappa shape index (κ2) is 6.11. The summed E-state index contributed by atoms with van der Waals surface area (Å²) in [5, 5.41) is 0. The Kier molecular flexibility index (Phi) is 5.34. The van der Waals surface area contributed by atoms with Gasteiger partial charge in [-0.1, -0.05) is 0 Å². The molecule has 102 valence electrons. The quantitative estimate of drug-likeness (QED) is 0.665. The van der Waals surface area contributed by atoms with Crippen LogP contribution in [-0.4, -0.2) is 75.6 Å². The summed E-state index contributed by atoms with van der Waals surface area (Å²) in [5.74, 6) is 0. The van der Waals surface area contributed by atoms with Gasteiger partial charge in [-0.05, 0) is 27.4 Å². The Balaban J connectivity index is 2.74. The molecule has 0 aromatic rings. The SMILES string of the molecule is COC(OC)C(C)(CN)N1CCC(N(C)C)C1. The molecule has 1 heterocycles. The number of likely N-dealkylation sites (tertiary alicyclic amines) is 1. The summed E-state index contributed by atoms with van der Waals surface area (Å²) in [6, 6.07) is 0.593. The number of nitrogens with zero attached hydrogens (tertiary/aromatic N) is 2. The van der Waals surface area contributed by atoms with E-state index in [-0.39, 0.29) is 11.8 Å². The van der Waals surface area contributed by atoms with Crippen molar-refractivity contribution >= 4 is 0 Å². The van der Waals surface area contributed by atoms with Crippen molar-refractivity contribution in [2.75, 3.05) is 47.9 Å². The fourth-order valence-electron chi connectivity index (χ4n) is 2.61. The van der Waals surface area contributed by atoms with Crippen molar-refractivity contribution in [2.24, 2.45) is 5.73 Å². The number of nitrogens with two attached hydrogens (primary N) is 1. The summed E-state index contributed by atoms with van der Waals surface area (Å²) in [4.78, 5) is 4.65. The topological polar surface area (TPSA) is 51.0 Å². The lowest BCUT2D eigenvalue weighted by molar-refractivity contribution is -0.178. The van der Waals surface area contributed by atoms with Crippen molar-refractivity contribution < 1.29 is 9.47 Å². The first-order valence-electron chi connectivity index (χ1n) is 6.16. The maximum Gasteiger partial charge on any atom is 0.176 e. The van der Waals surface area contributed by atoms with Gasteiger partial charge in [-0.2, -0.15) is 0 Å². The number of hydrogen-bond donors (Lipinski definition) is 1. The van der Waals surface area contributed by atoms with E-state index in [2.05, 4.69) is 30.8 Å². The molecule has 2 N–H and O–H groups in total. The molecule has 2 atom stereocenters. The predicted octanol–water partition coefficient (Wildman–Crippen LogP) is -0.0414. The molecule has 5 nitrogen and oxygen atoms in total. The van der Waals surface area contributed by atoms with Crippen molar-refractivity contribution in [1.29, 1.82) is 0 Å². The number of likely N-dealkylation sites (N-methyl/N-ethyl adjacent to an activating group) is 1. The number of hydrogen-bond acceptors (Lipinski definition) is 5. The van der Waals surface area contributed by atoms with E-state index >= 15 is 0 Å². The van der Waals surface area contributed by atoms with Crippen LogP contribution in [0.2, 0.25) is 0 Å². The molecule has 1 aliphatic heterocycles. The molecule has 1 aliphatic rings. The Hall–Kier alpha value is -0.200. The second-order valence-corrected chi connectivity index (χ2v) is 5.22. The summed E-state index contributed by atoms with van der Waals surface area (Å²) < 4.78 is 10.8. The molecule has 0 saturated carbocycles. The molecule has 0 bridgehead atoms. The third-order valence-corrected chi connectivity index (χ3v) is 3.97. The lowest BCUT2D eigenvalue weighted by Crippen LogP contribution is -2.60. The van der Waals surface area contributed by atoms with Gasteiger partial charge in [-0.25, -0.2) is 0 Å². The molecular formula is C12H27N3O2. The highest BCUT2D eigenvalue weighted by Gasteiger charge is 2.43. The molecule has 0 aromatic heterocycles. The van der Waals surface area contributed by atoms with Gasteiger partial charge in [0, 0.05) is 39.9 Å². The Morgan fingerprint density at radius 3 is 2.35 bits per heavy atom. The van der Waals surface area contributed by atoms with Gasteiger partial charge in [0.2, 0.25) is 0 Å². The van der Waals surface area contributed by atoms with Crippen molar-refractivity contribution in [3.63, 3.8) is 0 Å². The van der Waals surface area contributed by atoms with Crippen LogP contribution in [0.4, 0.5) is 0 Å². The zero-order valence-corrected chi connectivity index (χ0v) is 11.8. The predicted molar refractivity (Wildman–Crippen MR) is 68.9 cm³/mol. The van der Waals surface area contributed by atoms with E-state index in [0.29, 0.717) is 12.6 Å². The minimum Gasteiger partial charge on any atom is -0.354 e. The first-order chi connectivity index (χ1) is 7.99. The summed E-state index contributed by atoms with van der Waals surface area (Å²) in [6.07, 6.45) is 0.886. The molecule has 1 fully saturated rings. The molecule has 0 aliphatic carbocycles. The van der Waals surface area contributed by atoms with E-state index in [4.69, 9.17) is 15.2 Å². The van der Waals surface area contributed by atoms with Gasteiger partial charge in [-0.3, -0.25) is 4.90 Å². The van der Waals surface area contributed by atoms with Crippen LogP contribution in [-0.2, 0) is 9.47 Å². The van der Waals surface area contributed by atoms with E-state index in [1.807, 2.05) is 0 Å². The van der Waals surface area contributed by atoms with Gasteiger partial charge in [0.15, 0.2) is 6.29 Å². The van der Waals surface area contributed by atoms with E-state index in [0.717, 1.165) is 13.1 Å². The van der Waals surface area contributed by atoms with E-state index in [9.17, 15) is 0 Å². The molecule has 0 amide bonds. The Labute approximate surface area is 105 Å². The first kappa shape index (κ1) is 14.9. The van der Waals surface area contributed by atoms with Crippen LogP contribution in [0.15, 0.2) is 0 Å². The van der Waals surface area contributed by atoms with Gasteiger partial charge in [0.05, 0.1) is 5.54 Å².